The second-order valence-electron chi connectivity index (χ2n) is 9.42. The van der Waals surface area contributed by atoms with Crippen molar-refractivity contribution >= 4 is 0 Å². The van der Waals surface area contributed by atoms with Crippen molar-refractivity contribution in [2.24, 2.45) is 5.92 Å². The summed E-state index contributed by atoms with van der Waals surface area (Å²) < 4.78 is 0. The molecule has 0 aliphatic heterocycles. The fourth-order valence-electron chi connectivity index (χ4n) is 5.07. The van der Waals surface area contributed by atoms with Crippen LogP contribution in [0.3, 0.4) is 0 Å². The summed E-state index contributed by atoms with van der Waals surface area (Å²) in [6.07, 6.45) is 16.3. The van der Waals surface area contributed by atoms with Gasteiger partial charge in [0.15, 0.2) is 0 Å². The average molecular weight is 402 g/mol. The van der Waals surface area contributed by atoms with Gasteiger partial charge in [-0.1, -0.05) is 81.8 Å². The summed E-state index contributed by atoms with van der Waals surface area (Å²) in [4.78, 5) is 0. The zero-order valence-electron chi connectivity index (χ0n) is 19.1. The van der Waals surface area contributed by atoms with Gasteiger partial charge in [-0.15, -0.1) is 0 Å². The molecule has 1 fully saturated rings. The SMILES string of the molecule is CCCCCCC[C@H]1CC[C@H](c2ccc(CCc3ccc(C#N)c(C)c3)cc2)CC1. The molecule has 0 aromatic heterocycles. The highest BCUT2D eigenvalue weighted by Gasteiger charge is 2.22. The van der Waals surface area contributed by atoms with Crippen molar-refractivity contribution in [2.75, 3.05) is 0 Å². The van der Waals surface area contributed by atoms with E-state index in [4.69, 9.17) is 5.26 Å². The van der Waals surface area contributed by atoms with Gasteiger partial charge in [0.25, 0.3) is 0 Å². The molecule has 1 saturated carbocycles. The molecule has 1 heteroatoms. The molecule has 0 spiro atoms. The molecular formula is C29H39N. The van der Waals surface area contributed by atoms with Crippen LogP contribution in [0.15, 0.2) is 42.5 Å². The molecule has 160 valence electrons. The molecule has 2 aromatic rings. The summed E-state index contributed by atoms with van der Waals surface area (Å²) in [7, 11) is 0. The molecule has 0 bridgehead atoms. The van der Waals surface area contributed by atoms with Gasteiger partial charge >= 0.3 is 0 Å². The number of benzene rings is 2. The van der Waals surface area contributed by atoms with Gasteiger partial charge in [0.2, 0.25) is 0 Å². The van der Waals surface area contributed by atoms with Crippen LogP contribution in [-0.2, 0) is 12.8 Å². The Morgan fingerprint density at radius 2 is 1.50 bits per heavy atom. The minimum Gasteiger partial charge on any atom is -0.192 e. The van der Waals surface area contributed by atoms with E-state index in [1.165, 1.54) is 75.3 Å². The van der Waals surface area contributed by atoms with Crippen LogP contribution in [0.5, 0.6) is 0 Å². The maximum absolute atomic E-state index is 9.08. The zero-order chi connectivity index (χ0) is 21.2. The first-order chi connectivity index (χ1) is 14.7. The summed E-state index contributed by atoms with van der Waals surface area (Å²) in [6, 6.07) is 17.9. The Hall–Kier alpha value is -2.07. The quantitative estimate of drug-likeness (QED) is 0.367. The molecule has 1 aliphatic carbocycles. The van der Waals surface area contributed by atoms with Crippen LogP contribution in [-0.4, -0.2) is 0 Å². The van der Waals surface area contributed by atoms with E-state index in [9.17, 15) is 0 Å². The number of hydrogen-bond acceptors (Lipinski definition) is 1. The smallest absolute Gasteiger partial charge is 0.0994 e. The molecule has 0 amide bonds. The third kappa shape index (κ3) is 6.73. The minimum atomic E-state index is 0.775. The van der Waals surface area contributed by atoms with Gasteiger partial charge < -0.3 is 0 Å². The van der Waals surface area contributed by atoms with Crippen molar-refractivity contribution in [2.45, 2.75) is 96.8 Å². The van der Waals surface area contributed by atoms with Crippen molar-refractivity contribution < 1.29 is 0 Å². The number of hydrogen-bond donors (Lipinski definition) is 0. The van der Waals surface area contributed by atoms with E-state index < -0.39 is 0 Å². The number of nitriles is 1. The van der Waals surface area contributed by atoms with Gasteiger partial charge in [0.1, 0.15) is 0 Å². The fourth-order valence-corrected chi connectivity index (χ4v) is 5.07. The number of nitrogens with zero attached hydrogens (tertiary/aromatic N) is 1. The van der Waals surface area contributed by atoms with Crippen molar-refractivity contribution in [1.82, 2.24) is 0 Å². The highest BCUT2D eigenvalue weighted by molar-refractivity contribution is 5.39. The highest BCUT2D eigenvalue weighted by Crippen LogP contribution is 2.37. The number of rotatable bonds is 10. The molecule has 0 saturated heterocycles. The lowest BCUT2D eigenvalue weighted by Gasteiger charge is -2.29. The molecule has 0 radical (unpaired) electrons. The van der Waals surface area contributed by atoms with E-state index in [1.807, 2.05) is 13.0 Å². The van der Waals surface area contributed by atoms with E-state index in [0.717, 1.165) is 35.8 Å². The zero-order valence-corrected chi connectivity index (χ0v) is 19.1. The molecule has 0 heterocycles. The number of aryl methyl sites for hydroxylation is 3. The largest absolute Gasteiger partial charge is 0.192 e. The fraction of sp³-hybridized carbons (Fsp3) is 0.552. The van der Waals surface area contributed by atoms with E-state index in [1.54, 1.807) is 5.56 Å². The Morgan fingerprint density at radius 1 is 0.833 bits per heavy atom. The molecule has 0 unspecified atom stereocenters. The Labute approximate surface area is 184 Å². The lowest BCUT2D eigenvalue weighted by Crippen LogP contribution is -2.13. The van der Waals surface area contributed by atoms with Gasteiger partial charge in [0, 0.05) is 0 Å². The predicted octanol–water partition coefficient (Wildman–Crippen LogP) is 8.29. The summed E-state index contributed by atoms with van der Waals surface area (Å²) in [6.45, 7) is 4.32. The second kappa shape index (κ2) is 11.9. The highest BCUT2D eigenvalue weighted by atomic mass is 14.3. The summed E-state index contributed by atoms with van der Waals surface area (Å²) in [5, 5.41) is 9.08. The first kappa shape index (κ1) is 22.6. The minimum absolute atomic E-state index is 0.775. The lowest BCUT2D eigenvalue weighted by molar-refractivity contribution is 0.302. The van der Waals surface area contributed by atoms with E-state index in [0.29, 0.717) is 0 Å². The Kier molecular flexibility index (Phi) is 9.00. The lowest BCUT2D eigenvalue weighted by atomic mass is 9.77. The van der Waals surface area contributed by atoms with Crippen molar-refractivity contribution in [3.05, 3.63) is 70.3 Å². The molecule has 2 aromatic carbocycles. The molecular weight excluding hydrogens is 362 g/mol. The maximum atomic E-state index is 9.08. The maximum Gasteiger partial charge on any atom is 0.0994 e. The molecule has 0 N–H and O–H groups in total. The van der Waals surface area contributed by atoms with E-state index in [2.05, 4.69) is 49.4 Å². The van der Waals surface area contributed by atoms with Gasteiger partial charge in [-0.25, -0.2) is 0 Å². The first-order valence-electron chi connectivity index (χ1n) is 12.3. The van der Waals surface area contributed by atoms with Crippen molar-refractivity contribution in [1.29, 1.82) is 5.26 Å². The predicted molar refractivity (Wildman–Crippen MR) is 128 cm³/mol. The van der Waals surface area contributed by atoms with Crippen LogP contribution < -0.4 is 0 Å². The number of unbranched alkanes of at least 4 members (excludes halogenated alkanes) is 4. The van der Waals surface area contributed by atoms with Crippen LogP contribution in [0, 0.1) is 24.2 Å². The molecule has 1 nitrogen and oxygen atoms in total. The Balaban J connectivity index is 1.41. The summed E-state index contributed by atoms with van der Waals surface area (Å²) in [5.74, 6) is 1.76. The van der Waals surface area contributed by atoms with Crippen molar-refractivity contribution in [3.8, 4) is 6.07 Å². The van der Waals surface area contributed by atoms with Crippen molar-refractivity contribution in [3.63, 3.8) is 0 Å². The van der Waals surface area contributed by atoms with Gasteiger partial charge in [0.05, 0.1) is 11.6 Å². The molecule has 1 aliphatic rings. The Bertz CT molecular complexity index is 803. The normalized spacial score (nSPS) is 18.8. The Morgan fingerprint density at radius 3 is 2.17 bits per heavy atom. The summed E-state index contributed by atoms with van der Waals surface area (Å²) in [5.41, 5.74) is 6.16. The molecule has 0 atom stereocenters. The van der Waals surface area contributed by atoms with Crippen LogP contribution >= 0.6 is 0 Å². The third-order valence-corrected chi connectivity index (χ3v) is 7.13. The average Bonchev–Trinajstić information content (AvgIpc) is 2.78. The second-order valence-corrected chi connectivity index (χ2v) is 9.42. The first-order valence-corrected chi connectivity index (χ1v) is 12.3. The monoisotopic (exact) mass is 401 g/mol. The van der Waals surface area contributed by atoms with Gasteiger partial charge in [-0.05, 0) is 85.6 Å². The van der Waals surface area contributed by atoms with Crippen LogP contribution in [0.25, 0.3) is 0 Å². The topological polar surface area (TPSA) is 23.8 Å². The van der Waals surface area contributed by atoms with E-state index in [-0.39, 0.29) is 0 Å². The van der Waals surface area contributed by atoms with Crippen LogP contribution in [0.1, 0.15) is 105 Å². The van der Waals surface area contributed by atoms with Crippen LogP contribution in [0.4, 0.5) is 0 Å². The van der Waals surface area contributed by atoms with Crippen LogP contribution in [0.2, 0.25) is 0 Å². The van der Waals surface area contributed by atoms with E-state index >= 15 is 0 Å². The molecule has 3 rings (SSSR count). The molecule has 30 heavy (non-hydrogen) atoms. The standard InChI is InChI=1S/C29H39N/c1-3-4-5-6-7-8-24-11-16-27(17-12-24)28-18-13-25(14-19-28)9-10-26-15-20-29(22-30)23(2)21-26/h13-15,18-21,24,27H,3-12,16-17H2,1-2H3/t24-,27-. The van der Waals surface area contributed by atoms with Gasteiger partial charge in [-0.3, -0.25) is 0 Å². The summed E-state index contributed by atoms with van der Waals surface area (Å²) >= 11 is 0. The third-order valence-electron chi connectivity index (χ3n) is 7.13. The van der Waals surface area contributed by atoms with Gasteiger partial charge in [-0.2, -0.15) is 5.26 Å².